The molecule has 5 aromatic rings. The molecule has 0 heterocycles. The van der Waals surface area contributed by atoms with Crippen molar-refractivity contribution in [3.05, 3.63) is 103 Å². The third-order valence-electron chi connectivity index (χ3n) is 6.86. The number of nitrogens with zero attached hydrogens (tertiary/aromatic N) is 2. The van der Waals surface area contributed by atoms with Gasteiger partial charge in [0.05, 0.1) is 37.6 Å². The first-order chi connectivity index (χ1) is 20.8. The van der Waals surface area contributed by atoms with E-state index in [2.05, 4.69) is 16.6 Å². The Kier molecular flexibility index (Phi) is 8.77. The molecular formula is C33H31N3O6S. The van der Waals surface area contributed by atoms with Gasteiger partial charge in [-0.3, -0.25) is 9.10 Å². The van der Waals surface area contributed by atoms with Gasteiger partial charge >= 0.3 is 0 Å². The van der Waals surface area contributed by atoms with Crippen molar-refractivity contribution >= 4 is 49.4 Å². The van der Waals surface area contributed by atoms with Gasteiger partial charge in [-0.1, -0.05) is 48.5 Å². The van der Waals surface area contributed by atoms with Gasteiger partial charge in [-0.2, -0.15) is 5.10 Å². The molecule has 0 radical (unpaired) electrons. The summed E-state index contributed by atoms with van der Waals surface area (Å²) in [6, 6.07) is 28.7. The highest BCUT2D eigenvalue weighted by Gasteiger charge is 2.28. The summed E-state index contributed by atoms with van der Waals surface area (Å²) >= 11 is 0. The number of sulfonamides is 1. The molecule has 0 saturated carbocycles. The second-order valence-electron chi connectivity index (χ2n) is 9.48. The summed E-state index contributed by atoms with van der Waals surface area (Å²) in [6.45, 7) is 1.78. The van der Waals surface area contributed by atoms with Gasteiger partial charge in [-0.15, -0.1) is 0 Å². The predicted molar refractivity (Wildman–Crippen MR) is 169 cm³/mol. The number of hydrogen-bond acceptors (Lipinski definition) is 7. The van der Waals surface area contributed by atoms with Crippen molar-refractivity contribution in [2.45, 2.75) is 11.8 Å². The van der Waals surface area contributed by atoms with Crippen molar-refractivity contribution in [3.8, 4) is 17.2 Å². The van der Waals surface area contributed by atoms with Gasteiger partial charge in [0.15, 0.2) is 11.5 Å². The van der Waals surface area contributed by atoms with Crippen molar-refractivity contribution in [3.63, 3.8) is 0 Å². The number of methoxy groups -OCH3 is 2. The summed E-state index contributed by atoms with van der Waals surface area (Å²) in [7, 11) is -1.34. The van der Waals surface area contributed by atoms with Gasteiger partial charge in [-0.05, 0) is 70.9 Å². The number of amides is 1. The Morgan fingerprint density at radius 3 is 2.07 bits per heavy atom. The van der Waals surface area contributed by atoms with Crippen molar-refractivity contribution < 1.29 is 27.4 Å². The van der Waals surface area contributed by atoms with Crippen molar-refractivity contribution in [2.75, 3.05) is 31.7 Å². The minimum absolute atomic E-state index is 0.0717. The molecule has 1 N–H and O–H groups in total. The molecule has 0 atom stereocenters. The summed E-state index contributed by atoms with van der Waals surface area (Å²) in [5.41, 5.74) is 3.63. The van der Waals surface area contributed by atoms with Crippen LogP contribution in [-0.4, -0.2) is 47.9 Å². The number of hydrazone groups is 1. The third-order valence-corrected chi connectivity index (χ3v) is 8.63. The fraction of sp³-hybridized carbons (Fsp3) is 0.152. The Labute approximate surface area is 250 Å². The average Bonchev–Trinajstić information content (AvgIpc) is 3.03. The predicted octanol–water partition coefficient (Wildman–Crippen LogP) is 5.75. The van der Waals surface area contributed by atoms with Crippen LogP contribution in [0.2, 0.25) is 0 Å². The maximum absolute atomic E-state index is 13.9. The molecule has 0 fully saturated rings. The smallest absolute Gasteiger partial charge is 0.264 e. The van der Waals surface area contributed by atoms with E-state index < -0.39 is 22.5 Å². The van der Waals surface area contributed by atoms with E-state index in [1.807, 2.05) is 55.5 Å². The zero-order valence-electron chi connectivity index (χ0n) is 24.0. The van der Waals surface area contributed by atoms with E-state index in [9.17, 15) is 13.2 Å². The first-order valence-electron chi connectivity index (χ1n) is 13.6. The summed E-state index contributed by atoms with van der Waals surface area (Å²) in [4.78, 5) is 13.1. The van der Waals surface area contributed by atoms with Crippen LogP contribution in [0.5, 0.6) is 17.2 Å². The van der Waals surface area contributed by atoms with Gasteiger partial charge in [0, 0.05) is 11.6 Å². The number of nitrogens with one attached hydrogen (secondary N) is 1. The topological polar surface area (TPSA) is 107 Å². The quantitative estimate of drug-likeness (QED) is 0.118. The fourth-order valence-corrected chi connectivity index (χ4v) is 6.25. The number of ether oxygens (including phenoxy) is 3. The molecule has 5 aromatic carbocycles. The Balaban J connectivity index is 1.46. The monoisotopic (exact) mass is 597 g/mol. The molecule has 0 aromatic heterocycles. The number of carbonyl (C=O) groups is 1. The van der Waals surface area contributed by atoms with Crippen LogP contribution < -0.4 is 23.9 Å². The third kappa shape index (κ3) is 6.24. The lowest BCUT2D eigenvalue weighted by molar-refractivity contribution is -0.119. The van der Waals surface area contributed by atoms with Gasteiger partial charge in [0.1, 0.15) is 12.3 Å². The zero-order valence-corrected chi connectivity index (χ0v) is 24.8. The molecule has 10 heteroatoms. The lowest BCUT2D eigenvalue weighted by Crippen LogP contribution is -2.39. The lowest BCUT2D eigenvalue weighted by atomic mass is 9.97. The molecule has 0 spiro atoms. The number of benzene rings is 5. The lowest BCUT2D eigenvalue weighted by Gasteiger charge is -2.24. The van der Waals surface area contributed by atoms with E-state index in [-0.39, 0.29) is 16.3 Å². The van der Waals surface area contributed by atoms with E-state index in [0.717, 1.165) is 31.4 Å². The van der Waals surface area contributed by atoms with E-state index in [4.69, 9.17) is 14.2 Å². The zero-order chi connectivity index (χ0) is 30.4. The number of anilines is 1. The molecule has 0 saturated heterocycles. The molecular weight excluding hydrogens is 566 g/mol. The average molecular weight is 598 g/mol. The van der Waals surface area contributed by atoms with Gasteiger partial charge < -0.3 is 14.2 Å². The standard InChI is InChI=1S/C33H31N3O6S/c1-4-42-26-15-13-25(14-16-26)36(43(38,39)27-17-18-31(40-2)32(20-27)41-3)22-33(37)35-34-21-30-28-11-7-5-9-23(28)19-24-10-6-8-12-29(24)30/h5-21H,4,22H2,1-3H3,(H,35,37)/b34-21-. The molecule has 43 heavy (non-hydrogen) atoms. The highest BCUT2D eigenvalue weighted by atomic mass is 32.2. The van der Waals surface area contributed by atoms with Gasteiger partial charge in [0.2, 0.25) is 0 Å². The maximum Gasteiger partial charge on any atom is 0.264 e. The highest BCUT2D eigenvalue weighted by molar-refractivity contribution is 7.92. The van der Waals surface area contributed by atoms with Crippen LogP contribution in [0.15, 0.2) is 107 Å². The van der Waals surface area contributed by atoms with Crippen molar-refractivity contribution in [2.24, 2.45) is 5.10 Å². The van der Waals surface area contributed by atoms with Gasteiger partial charge in [0.25, 0.3) is 15.9 Å². The van der Waals surface area contributed by atoms with E-state index in [0.29, 0.717) is 18.1 Å². The molecule has 0 aliphatic rings. The van der Waals surface area contributed by atoms with Crippen molar-refractivity contribution in [1.82, 2.24) is 5.43 Å². The molecule has 9 nitrogen and oxygen atoms in total. The van der Waals surface area contributed by atoms with Crippen molar-refractivity contribution in [1.29, 1.82) is 0 Å². The summed E-state index contributed by atoms with van der Waals surface area (Å²) in [6.07, 6.45) is 1.59. The number of hydrogen-bond donors (Lipinski definition) is 1. The Bertz CT molecular complexity index is 1850. The number of fused-ring (bicyclic) bond motifs is 2. The number of rotatable bonds is 11. The minimum atomic E-state index is -4.22. The Hall–Kier alpha value is -5.09. The van der Waals surface area contributed by atoms with Crippen LogP contribution in [0, 0.1) is 0 Å². The molecule has 0 aliphatic carbocycles. The normalized spacial score (nSPS) is 11.5. The van der Waals surface area contributed by atoms with Crippen LogP contribution >= 0.6 is 0 Å². The second kappa shape index (κ2) is 12.8. The molecule has 0 aliphatic heterocycles. The SMILES string of the molecule is CCOc1ccc(N(CC(=O)N/N=C\c2c3ccccc3cc3ccccc23)S(=O)(=O)c2ccc(OC)c(OC)c2)cc1. The Morgan fingerprint density at radius 2 is 1.47 bits per heavy atom. The second-order valence-corrected chi connectivity index (χ2v) is 11.3. The van der Waals surface area contributed by atoms with Crippen LogP contribution in [0.4, 0.5) is 5.69 Å². The molecule has 0 bridgehead atoms. The molecule has 0 unspecified atom stereocenters. The van der Waals surface area contributed by atoms with Gasteiger partial charge in [-0.25, -0.2) is 13.8 Å². The number of carbonyl (C=O) groups excluding carboxylic acids is 1. The Morgan fingerprint density at radius 1 is 0.837 bits per heavy atom. The molecule has 220 valence electrons. The molecule has 1 amide bonds. The van der Waals surface area contributed by atoms with Crippen LogP contribution in [-0.2, 0) is 14.8 Å². The van der Waals surface area contributed by atoms with Crippen LogP contribution in [0.3, 0.4) is 0 Å². The molecule has 5 rings (SSSR count). The van der Waals surface area contributed by atoms with Crippen LogP contribution in [0.1, 0.15) is 12.5 Å². The maximum atomic E-state index is 13.9. The summed E-state index contributed by atoms with van der Waals surface area (Å²) in [5, 5.41) is 8.26. The summed E-state index contributed by atoms with van der Waals surface area (Å²) in [5.74, 6) is 0.568. The van der Waals surface area contributed by atoms with E-state index >= 15 is 0 Å². The minimum Gasteiger partial charge on any atom is -0.494 e. The summed E-state index contributed by atoms with van der Waals surface area (Å²) < 4.78 is 44.9. The first-order valence-corrected chi connectivity index (χ1v) is 15.0. The van der Waals surface area contributed by atoms with Crippen LogP contribution in [0.25, 0.3) is 21.5 Å². The van der Waals surface area contributed by atoms with E-state index in [1.165, 1.54) is 32.4 Å². The first kappa shape index (κ1) is 29.4. The highest BCUT2D eigenvalue weighted by Crippen LogP contribution is 2.33. The fourth-order valence-electron chi connectivity index (χ4n) is 4.82. The van der Waals surface area contributed by atoms with E-state index in [1.54, 1.807) is 30.5 Å². The largest absolute Gasteiger partial charge is 0.494 e.